The van der Waals surface area contributed by atoms with Crippen molar-refractivity contribution >= 4 is 27.0 Å². The van der Waals surface area contributed by atoms with Crippen molar-refractivity contribution in [1.82, 2.24) is 9.97 Å². The number of ether oxygens (including phenoxy) is 2. The number of hydrogen-bond acceptors (Lipinski definition) is 3. The number of H-pyrrole nitrogens is 1. The van der Waals surface area contributed by atoms with Gasteiger partial charge < -0.3 is 14.5 Å². The van der Waals surface area contributed by atoms with Gasteiger partial charge in [-0.25, -0.2) is 9.37 Å². The monoisotopic (exact) mass is 432 g/mol. The Morgan fingerprint density at radius 2 is 1.96 bits per heavy atom. The molecule has 0 fully saturated rings. The number of halogens is 5. The Morgan fingerprint density at radius 3 is 2.62 bits per heavy atom. The van der Waals surface area contributed by atoms with Crippen molar-refractivity contribution in [1.29, 1.82) is 0 Å². The lowest BCUT2D eigenvalue weighted by molar-refractivity contribution is -0.274. The van der Waals surface area contributed by atoms with Crippen molar-refractivity contribution < 1.29 is 27.0 Å². The van der Waals surface area contributed by atoms with Crippen molar-refractivity contribution in [3.8, 4) is 5.75 Å². The summed E-state index contributed by atoms with van der Waals surface area (Å²) in [7, 11) is 0. The first kappa shape index (κ1) is 18.7. The zero-order valence-electron chi connectivity index (χ0n) is 13.4. The number of aromatic amines is 1. The fourth-order valence-corrected chi connectivity index (χ4v) is 2.99. The van der Waals surface area contributed by atoms with Gasteiger partial charge in [0.2, 0.25) is 0 Å². The molecule has 0 bridgehead atoms. The van der Waals surface area contributed by atoms with Gasteiger partial charge in [0.1, 0.15) is 23.5 Å². The van der Waals surface area contributed by atoms with Gasteiger partial charge in [0.15, 0.2) is 0 Å². The van der Waals surface area contributed by atoms with E-state index in [2.05, 4.69) is 30.6 Å². The van der Waals surface area contributed by atoms with Crippen LogP contribution in [0.3, 0.4) is 0 Å². The van der Waals surface area contributed by atoms with Gasteiger partial charge in [0.05, 0.1) is 15.5 Å². The number of benzene rings is 2. The minimum absolute atomic E-state index is 0.124. The highest BCUT2D eigenvalue weighted by Gasteiger charge is 2.32. The Labute approximate surface area is 154 Å². The van der Waals surface area contributed by atoms with E-state index in [0.717, 1.165) is 0 Å². The first-order chi connectivity index (χ1) is 12.3. The summed E-state index contributed by atoms with van der Waals surface area (Å²) in [4.78, 5) is 7.38. The van der Waals surface area contributed by atoms with Crippen LogP contribution in [0, 0.1) is 5.82 Å². The largest absolute Gasteiger partial charge is 0.573 e. The van der Waals surface area contributed by atoms with E-state index in [0.29, 0.717) is 29.0 Å². The van der Waals surface area contributed by atoms with Crippen molar-refractivity contribution in [2.75, 3.05) is 6.61 Å². The number of nitrogens with one attached hydrogen (secondary N) is 1. The average molecular weight is 433 g/mol. The second-order valence-corrected chi connectivity index (χ2v) is 6.21. The molecule has 1 atom stereocenters. The van der Waals surface area contributed by atoms with Crippen LogP contribution in [0.25, 0.3) is 11.0 Å². The van der Waals surface area contributed by atoms with Crippen LogP contribution in [0.5, 0.6) is 5.75 Å². The van der Waals surface area contributed by atoms with Crippen LogP contribution in [0.1, 0.15) is 24.4 Å². The maximum atomic E-state index is 13.4. The van der Waals surface area contributed by atoms with Crippen molar-refractivity contribution in [2.24, 2.45) is 0 Å². The van der Waals surface area contributed by atoms with Gasteiger partial charge in [-0.2, -0.15) is 0 Å². The Kier molecular flexibility index (Phi) is 5.19. The van der Waals surface area contributed by atoms with E-state index in [4.69, 9.17) is 4.74 Å². The molecule has 4 nitrogen and oxygen atoms in total. The van der Waals surface area contributed by atoms with Gasteiger partial charge in [-0.15, -0.1) is 13.2 Å². The molecule has 0 spiro atoms. The van der Waals surface area contributed by atoms with Gasteiger partial charge in [-0.1, -0.05) is 6.07 Å². The Hall–Kier alpha value is -2.13. The Morgan fingerprint density at radius 1 is 1.19 bits per heavy atom. The number of nitrogens with zero attached hydrogens (tertiary/aromatic N) is 1. The third-order valence-corrected chi connectivity index (χ3v) is 4.15. The zero-order valence-corrected chi connectivity index (χ0v) is 15.0. The average Bonchev–Trinajstić information content (AvgIpc) is 2.96. The quantitative estimate of drug-likeness (QED) is 0.542. The molecule has 1 aromatic heterocycles. The van der Waals surface area contributed by atoms with E-state index in [1.54, 1.807) is 6.92 Å². The van der Waals surface area contributed by atoms with E-state index in [-0.39, 0.29) is 10.2 Å². The molecule has 138 valence electrons. The highest BCUT2D eigenvalue weighted by atomic mass is 79.9. The van der Waals surface area contributed by atoms with E-state index >= 15 is 0 Å². The summed E-state index contributed by atoms with van der Waals surface area (Å²) >= 11 is 3.08. The summed E-state index contributed by atoms with van der Waals surface area (Å²) in [6.07, 6.45) is -5.45. The summed E-state index contributed by atoms with van der Waals surface area (Å²) in [5, 5.41) is 0. The lowest BCUT2D eigenvalue weighted by Gasteiger charge is -2.17. The SMILES string of the molecule is CCOC(c1ccc(OC(F)(F)F)c(Br)c1)c1nc2ccc(F)cc2[nH]1. The van der Waals surface area contributed by atoms with E-state index < -0.39 is 18.3 Å². The summed E-state index contributed by atoms with van der Waals surface area (Å²) < 4.78 is 60.3. The van der Waals surface area contributed by atoms with Crippen LogP contribution in [0.4, 0.5) is 17.6 Å². The number of imidazole rings is 1. The molecule has 3 aromatic rings. The third kappa shape index (κ3) is 4.16. The molecule has 0 aliphatic rings. The number of rotatable bonds is 5. The topological polar surface area (TPSA) is 47.1 Å². The maximum Gasteiger partial charge on any atom is 0.573 e. The van der Waals surface area contributed by atoms with Gasteiger partial charge in [0.25, 0.3) is 0 Å². The first-order valence-electron chi connectivity index (χ1n) is 7.59. The molecule has 1 unspecified atom stereocenters. The fourth-order valence-electron chi connectivity index (χ4n) is 2.51. The second-order valence-electron chi connectivity index (χ2n) is 5.36. The van der Waals surface area contributed by atoms with Crippen LogP contribution >= 0.6 is 15.9 Å². The standard InChI is InChI=1S/C17H13BrF4N2O2/c1-2-25-15(16-23-12-5-4-10(19)8-13(12)24-16)9-3-6-14(11(18)7-9)26-17(20,21)22/h3-8,15H,2H2,1H3,(H,23,24). The van der Waals surface area contributed by atoms with Gasteiger partial charge in [-0.05, 0) is 58.7 Å². The molecule has 2 aromatic carbocycles. The minimum Gasteiger partial charge on any atom is -0.405 e. The predicted molar refractivity (Wildman–Crippen MR) is 90.3 cm³/mol. The van der Waals surface area contributed by atoms with Crippen LogP contribution in [-0.4, -0.2) is 22.9 Å². The molecular formula is C17H13BrF4N2O2. The van der Waals surface area contributed by atoms with Crippen LogP contribution in [0.15, 0.2) is 40.9 Å². The molecule has 0 aliphatic heterocycles. The third-order valence-electron chi connectivity index (χ3n) is 3.53. The number of hydrogen-bond donors (Lipinski definition) is 1. The molecule has 1 heterocycles. The van der Waals surface area contributed by atoms with Gasteiger partial charge in [0, 0.05) is 6.61 Å². The second kappa shape index (κ2) is 7.24. The summed E-state index contributed by atoms with van der Waals surface area (Å²) in [6, 6.07) is 8.26. The first-order valence-corrected chi connectivity index (χ1v) is 8.38. The van der Waals surface area contributed by atoms with Crippen molar-refractivity contribution in [3.63, 3.8) is 0 Å². The van der Waals surface area contributed by atoms with Crippen LogP contribution in [0.2, 0.25) is 0 Å². The Balaban J connectivity index is 1.97. The van der Waals surface area contributed by atoms with Crippen molar-refractivity contribution in [2.45, 2.75) is 19.4 Å². The van der Waals surface area contributed by atoms with E-state index in [9.17, 15) is 17.6 Å². The summed E-state index contributed by atoms with van der Waals surface area (Å²) in [5.74, 6) is -0.343. The van der Waals surface area contributed by atoms with E-state index in [1.807, 2.05) is 0 Å². The molecule has 0 saturated heterocycles. The molecule has 26 heavy (non-hydrogen) atoms. The normalized spacial score (nSPS) is 13.2. The van der Waals surface area contributed by atoms with Gasteiger partial charge in [-0.3, -0.25) is 0 Å². The molecule has 0 amide bonds. The number of aromatic nitrogens is 2. The summed E-state index contributed by atoms with van der Waals surface area (Å²) in [6.45, 7) is 2.12. The highest BCUT2D eigenvalue weighted by Crippen LogP contribution is 2.35. The number of alkyl halides is 3. The molecular weight excluding hydrogens is 420 g/mol. The minimum atomic E-state index is -4.79. The Bertz CT molecular complexity index is 927. The highest BCUT2D eigenvalue weighted by molar-refractivity contribution is 9.10. The van der Waals surface area contributed by atoms with Crippen LogP contribution < -0.4 is 4.74 Å². The molecule has 3 rings (SSSR count). The maximum absolute atomic E-state index is 13.4. The summed E-state index contributed by atoms with van der Waals surface area (Å²) in [5.41, 5.74) is 1.62. The molecule has 0 radical (unpaired) electrons. The molecule has 0 saturated carbocycles. The van der Waals surface area contributed by atoms with Gasteiger partial charge >= 0.3 is 6.36 Å². The lowest BCUT2D eigenvalue weighted by atomic mass is 10.1. The lowest BCUT2D eigenvalue weighted by Crippen LogP contribution is -2.17. The zero-order chi connectivity index (χ0) is 18.9. The fraction of sp³-hybridized carbons (Fsp3) is 0.235. The molecule has 0 aliphatic carbocycles. The number of fused-ring (bicyclic) bond motifs is 1. The molecule has 1 N–H and O–H groups in total. The van der Waals surface area contributed by atoms with Crippen LogP contribution in [-0.2, 0) is 4.74 Å². The van der Waals surface area contributed by atoms with E-state index in [1.165, 1.54) is 36.4 Å². The molecule has 9 heteroatoms. The van der Waals surface area contributed by atoms with Crippen molar-refractivity contribution in [3.05, 3.63) is 58.1 Å². The smallest absolute Gasteiger partial charge is 0.405 e. The predicted octanol–water partition coefficient (Wildman–Crippen LogP) is 5.49.